The molecule has 1 saturated heterocycles. The minimum absolute atomic E-state index is 0.0151. The van der Waals surface area contributed by atoms with Crippen molar-refractivity contribution in [2.75, 3.05) is 31.1 Å². The Kier molecular flexibility index (Phi) is 11.8. The van der Waals surface area contributed by atoms with Crippen LogP contribution >= 0.6 is 15.9 Å². The van der Waals surface area contributed by atoms with E-state index in [9.17, 15) is 27.6 Å². The van der Waals surface area contributed by atoms with Crippen LogP contribution in [0.15, 0.2) is 65.1 Å². The summed E-state index contributed by atoms with van der Waals surface area (Å²) in [6, 6.07) is 13.7. The zero-order valence-corrected chi connectivity index (χ0v) is 32.2. The smallest absolute Gasteiger partial charge is 0.417 e. The molecule has 2 aliphatic heterocycles. The van der Waals surface area contributed by atoms with Crippen LogP contribution in [0.5, 0.6) is 5.75 Å². The number of halogens is 5. The lowest BCUT2D eigenvalue weighted by atomic mass is 9.90. The van der Waals surface area contributed by atoms with Crippen molar-refractivity contribution in [3.8, 4) is 5.75 Å². The standard InChI is InChI=1S/C39H45BrF4N4O5/c1-24(2)48(27-13-10-17-46(22-27)37(3,4)5)34(49)28-20-32-33(21-29(28)39(42,43)44)53-38(6,30-19-26(40)14-15-31(30)41)35(50)47(32)18-16-45-36(51)52-23-25-11-8-7-9-12-25/h7-9,11-12,14-15,19-21,24,27H,10,13,16-18,22-23H2,1-6H3,(H,45,51)/t27-,38?/m1/s1. The Morgan fingerprint density at radius 2 is 1.79 bits per heavy atom. The van der Waals surface area contributed by atoms with Gasteiger partial charge < -0.3 is 24.6 Å². The molecule has 0 spiro atoms. The number of nitrogens with zero attached hydrogens (tertiary/aromatic N) is 3. The number of piperidine rings is 1. The van der Waals surface area contributed by atoms with Gasteiger partial charge in [-0.2, -0.15) is 13.2 Å². The third-order valence-electron chi connectivity index (χ3n) is 9.68. The molecule has 0 aliphatic carbocycles. The van der Waals surface area contributed by atoms with E-state index in [4.69, 9.17) is 9.47 Å². The summed E-state index contributed by atoms with van der Waals surface area (Å²) in [5.74, 6) is -2.84. The maximum atomic E-state index is 15.4. The first kappa shape index (κ1) is 40.0. The summed E-state index contributed by atoms with van der Waals surface area (Å²) in [5.41, 5.74) is -3.82. The number of anilines is 1. The van der Waals surface area contributed by atoms with Gasteiger partial charge in [0.25, 0.3) is 11.8 Å². The molecule has 3 aromatic carbocycles. The van der Waals surface area contributed by atoms with E-state index in [1.54, 1.807) is 38.1 Å². The van der Waals surface area contributed by atoms with Gasteiger partial charge in [0.1, 0.15) is 18.2 Å². The number of carbonyl (C=O) groups excluding carboxylic acids is 3. The molecular formula is C39H45BrF4N4O5. The highest BCUT2D eigenvalue weighted by Gasteiger charge is 2.50. The quantitative estimate of drug-likeness (QED) is 0.219. The highest BCUT2D eigenvalue weighted by molar-refractivity contribution is 9.10. The predicted octanol–water partition coefficient (Wildman–Crippen LogP) is 8.29. The van der Waals surface area contributed by atoms with Gasteiger partial charge in [0.05, 0.1) is 16.8 Å². The number of carbonyl (C=O) groups is 3. The first-order chi connectivity index (χ1) is 24.8. The third kappa shape index (κ3) is 8.80. The van der Waals surface area contributed by atoms with Crippen molar-refractivity contribution < 1.29 is 41.4 Å². The molecule has 3 amide bonds. The van der Waals surface area contributed by atoms with Crippen LogP contribution in [0.4, 0.5) is 28.0 Å². The van der Waals surface area contributed by atoms with Crippen LogP contribution in [0, 0.1) is 5.82 Å². The monoisotopic (exact) mass is 804 g/mol. The molecule has 0 saturated carbocycles. The number of nitrogens with one attached hydrogen (secondary N) is 1. The van der Waals surface area contributed by atoms with Crippen molar-refractivity contribution in [3.63, 3.8) is 0 Å². The van der Waals surface area contributed by atoms with Crippen LogP contribution in [0.25, 0.3) is 0 Å². The molecule has 0 radical (unpaired) electrons. The van der Waals surface area contributed by atoms with Gasteiger partial charge in [0, 0.05) is 47.3 Å². The van der Waals surface area contributed by atoms with E-state index < -0.39 is 52.7 Å². The van der Waals surface area contributed by atoms with E-state index in [0.717, 1.165) is 35.6 Å². The van der Waals surface area contributed by atoms with Crippen LogP contribution in [0.2, 0.25) is 0 Å². The van der Waals surface area contributed by atoms with Crippen molar-refractivity contribution in [1.29, 1.82) is 0 Å². The topological polar surface area (TPSA) is 91.4 Å². The third-order valence-corrected chi connectivity index (χ3v) is 10.2. The first-order valence-electron chi connectivity index (χ1n) is 17.5. The van der Waals surface area contributed by atoms with Crippen LogP contribution in [0.3, 0.4) is 0 Å². The van der Waals surface area contributed by atoms with Crippen molar-refractivity contribution in [1.82, 2.24) is 15.1 Å². The number of hydrogen-bond donors (Lipinski definition) is 1. The maximum absolute atomic E-state index is 15.4. The molecular weight excluding hydrogens is 760 g/mol. The summed E-state index contributed by atoms with van der Waals surface area (Å²) in [5, 5.41) is 2.57. The van der Waals surface area contributed by atoms with Crippen molar-refractivity contribution >= 4 is 39.5 Å². The van der Waals surface area contributed by atoms with E-state index in [2.05, 4.69) is 46.9 Å². The Morgan fingerprint density at radius 3 is 2.43 bits per heavy atom. The fourth-order valence-electron chi connectivity index (χ4n) is 6.95. The number of hydrogen-bond acceptors (Lipinski definition) is 6. The predicted molar refractivity (Wildman–Crippen MR) is 196 cm³/mol. The molecule has 2 atom stereocenters. The highest BCUT2D eigenvalue weighted by atomic mass is 79.9. The molecule has 14 heteroatoms. The zero-order chi connectivity index (χ0) is 38.9. The van der Waals surface area contributed by atoms with Gasteiger partial charge in [-0.3, -0.25) is 14.5 Å². The van der Waals surface area contributed by atoms with Gasteiger partial charge in [0.2, 0.25) is 5.60 Å². The minimum Gasteiger partial charge on any atom is -0.471 e. The first-order valence-corrected chi connectivity index (χ1v) is 18.3. The Hall–Kier alpha value is -4.17. The van der Waals surface area contributed by atoms with Crippen LogP contribution in [-0.2, 0) is 27.9 Å². The normalized spacial score (nSPS) is 19.4. The van der Waals surface area contributed by atoms with E-state index >= 15 is 4.39 Å². The average molecular weight is 806 g/mol. The Morgan fingerprint density at radius 1 is 1.09 bits per heavy atom. The van der Waals surface area contributed by atoms with Crippen LogP contribution in [-0.4, -0.2) is 71.5 Å². The molecule has 3 aromatic rings. The number of likely N-dealkylation sites (tertiary alicyclic amines) is 1. The van der Waals surface area contributed by atoms with Gasteiger partial charge in [-0.25, -0.2) is 9.18 Å². The maximum Gasteiger partial charge on any atom is 0.417 e. The summed E-state index contributed by atoms with van der Waals surface area (Å²) < 4.78 is 72.0. The SMILES string of the molecule is CC(C)N(C(=O)c1cc2c(cc1C(F)(F)F)OC(C)(c1cc(Br)ccc1F)C(=O)N2CCNC(=O)OCc1ccccc1)[C@@H]1CCCN(C(C)(C)C)C1. The second-order valence-corrected chi connectivity index (χ2v) is 15.7. The number of ether oxygens (including phenoxy) is 2. The lowest BCUT2D eigenvalue weighted by Crippen LogP contribution is -2.57. The number of alkyl halides is 3. The molecule has 1 fully saturated rings. The van der Waals surface area contributed by atoms with Gasteiger partial charge >= 0.3 is 12.3 Å². The van der Waals surface area contributed by atoms with Crippen LogP contribution in [0.1, 0.15) is 81.4 Å². The van der Waals surface area contributed by atoms with Crippen molar-refractivity contribution in [2.24, 2.45) is 0 Å². The van der Waals surface area contributed by atoms with Gasteiger partial charge in [-0.05, 0) is 96.8 Å². The summed E-state index contributed by atoms with van der Waals surface area (Å²) in [4.78, 5) is 46.3. The fourth-order valence-corrected chi connectivity index (χ4v) is 7.32. The molecule has 2 heterocycles. The summed E-state index contributed by atoms with van der Waals surface area (Å²) >= 11 is 3.28. The Balaban J connectivity index is 1.55. The summed E-state index contributed by atoms with van der Waals surface area (Å²) in [6.45, 7) is 11.8. The molecule has 2 aliphatic rings. The van der Waals surface area contributed by atoms with Crippen molar-refractivity contribution in [3.05, 3.63) is 93.2 Å². The van der Waals surface area contributed by atoms with E-state index in [-0.39, 0.29) is 48.3 Å². The summed E-state index contributed by atoms with van der Waals surface area (Å²) in [7, 11) is 0. The number of alkyl carbamates (subject to hydrolysis) is 1. The lowest BCUT2D eigenvalue weighted by molar-refractivity contribution is -0.138. The Bertz CT molecular complexity index is 1830. The molecule has 1 unspecified atom stereocenters. The summed E-state index contributed by atoms with van der Waals surface area (Å²) in [6.07, 6.45) is -4.41. The van der Waals surface area contributed by atoms with Crippen molar-refractivity contribution in [2.45, 2.75) is 90.4 Å². The van der Waals surface area contributed by atoms with E-state index in [1.807, 2.05) is 6.07 Å². The number of amides is 3. The number of benzene rings is 3. The zero-order valence-electron chi connectivity index (χ0n) is 30.7. The van der Waals surface area contributed by atoms with Gasteiger partial charge in [-0.1, -0.05) is 46.3 Å². The largest absolute Gasteiger partial charge is 0.471 e. The molecule has 5 rings (SSSR count). The van der Waals surface area contributed by atoms with Gasteiger partial charge in [0.15, 0.2) is 0 Å². The average Bonchev–Trinajstić information content (AvgIpc) is 3.09. The number of rotatable bonds is 9. The van der Waals surface area contributed by atoms with E-state index in [0.29, 0.717) is 23.5 Å². The molecule has 286 valence electrons. The molecule has 1 N–H and O–H groups in total. The molecule has 9 nitrogen and oxygen atoms in total. The second-order valence-electron chi connectivity index (χ2n) is 14.8. The fraction of sp³-hybridized carbons (Fsp3) is 0.462. The van der Waals surface area contributed by atoms with Gasteiger partial charge in [-0.15, -0.1) is 0 Å². The molecule has 53 heavy (non-hydrogen) atoms. The lowest BCUT2D eigenvalue weighted by Gasteiger charge is -2.46. The minimum atomic E-state index is -5.00. The highest BCUT2D eigenvalue weighted by Crippen LogP contribution is 2.47. The molecule has 0 aromatic heterocycles. The number of fused-ring (bicyclic) bond motifs is 1. The Labute approximate surface area is 315 Å². The molecule has 0 bridgehead atoms. The van der Waals surface area contributed by atoms with E-state index in [1.165, 1.54) is 24.0 Å². The van der Waals surface area contributed by atoms with Crippen LogP contribution < -0.4 is 15.0 Å². The second kappa shape index (κ2) is 15.7.